The molecule has 1 amide bonds. The monoisotopic (exact) mass is 322 g/mol. The molecule has 0 aliphatic heterocycles. The van der Waals surface area contributed by atoms with Gasteiger partial charge in [0.1, 0.15) is 0 Å². The number of carbonyl (C=O) groups excluding carboxylic acids is 1. The van der Waals surface area contributed by atoms with E-state index in [2.05, 4.69) is 10.2 Å². The Morgan fingerprint density at radius 1 is 1.29 bits per heavy atom. The van der Waals surface area contributed by atoms with Crippen LogP contribution in [0.15, 0.2) is 41.8 Å². The molecule has 0 fully saturated rings. The molecule has 0 radical (unpaired) electrons. The smallest absolute Gasteiger partial charge is 0.261 e. The van der Waals surface area contributed by atoms with Crippen molar-refractivity contribution in [3.8, 4) is 0 Å². The van der Waals surface area contributed by atoms with Crippen LogP contribution in [0.2, 0.25) is 5.02 Å². The Morgan fingerprint density at radius 3 is 2.57 bits per heavy atom. The Hall–Kier alpha value is -1.36. The third-order valence-electron chi connectivity index (χ3n) is 3.19. The van der Waals surface area contributed by atoms with Gasteiger partial charge < -0.3 is 10.2 Å². The van der Waals surface area contributed by atoms with Crippen LogP contribution in [0.4, 0.5) is 0 Å². The van der Waals surface area contributed by atoms with E-state index in [9.17, 15) is 4.79 Å². The van der Waals surface area contributed by atoms with Gasteiger partial charge in [0.05, 0.1) is 10.9 Å². The van der Waals surface area contributed by atoms with Gasteiger partial charge in [0, 0.05) is 5.02 Å². The molecule has 0 aliphatic carbocycles. The summed E-state index contributed by atoms with van der Waals surface area (Å²) in [7, 11) is 4.06. The minimum atomic E-state index is -0.0243. The highest BCUT2D eigenvalue weighted by atomic mass is 35.5. The number of nitrogens with zero attached hydrogens (tertiary/aromatic N) is 1. The molecule has 1 aromatic heterocycles. The molecule has 3 nitrogen and oxygen atoms in total. The van der Waals surface area contributed by atoms with Crippen LogP contribution < -0.4 is 5.32 Å². The minimum Gasteiger partial charge on any atom is -0.344 e. The highest BCUT2D eigenvalue weighted by Gasteiger charge is 2.16. The van der Waals surface area contributed by atoms with Gasteiger partial charge in [-0.25, -0.2) is 0 Å². The van der Waals surface area contributed by atoms with Gasteiger partial charge in [0.2, 0.25) is 0 Å². The van der Waals surface area contributed by atoms with Crippen molar-refractivity contribution in [3.63, 3.8) is 0 Å². The molecule has 2 aromatic rings. The van der Waals surface area contributed by atoms with Gasteiger partial charge in [-0.1, -0.05) is 29.8 Å². The number of rotatable bonds is 6. The molecule has 0 bridgehead atoms. The summed E-state index contributed by atoms with van der Waals surface area (Å²) in [5.41, 5.74) is 1.08. The van der Waals surface area contributed by atoms with Crippen molar-refractivity contribution in [1.29, 1.82) is 0 Å². The van der Waals surface area contributed by atoms with Crippen molar-refractivity contribution >= 4 is 28.8 Å². The van der Waals surface area contributed by atoms with E-state index in [0.29, 0.717) is 5.02 Å². The van der Waals surface area contributed by atoms with Crippen molar-refractivity contribution in [2.45, 2.75) is 12.5 Å². The maximum absolute atomic E-state index is 12.3. The number of amides is 1. The third-order valence-corrected chi connectivity index (χ3v) is 4.31. The van der Waals surface area contributed by atoms with E-state index in [1.807, 2.05) is 55.9 Å². The molecular weight excluding hydrogens is 304 g/mol. The first-order valence-electron chi connectivity index (χ1n) is 6.81. The number of thiophene rings is 1. The summed E-state index contributed by atoms with van der Waals surface area (Å²) in [6.07, 6.45) is 0.853. The average Bonchev–Trinajstić information content (AvgIpc) is 2.98. The second-order valence-corrected chi connectivity index (χ2v) is 6.53. The van der Waals surface area contributed by atoms with Gasteiger partial charge >= 0.3 is 0 Å². The van der Waals surface area contributed by atoms with Crippen LogP contribution in [0.1, 0.15) is 27.7 Å². The number of benzene rings is 1. The van der Waals surface area contributed by atoms with Crippen LogP contribution in [-0.4, -0.2) is 31.4 Å². The largest absolute Gasteiger partial charge is 0.344 e. The molecule has 1 N–H and O–H groups in total. The zero-order chi connectivity index (χ0) is 15.2. The van der Waals surface area contributed by atoms with E-state index in [-0.39, 0.29) is 11.9 Å². The molecule has 112 valence electrons. The van der Waals surface area contributed by atoms with Crippen LogP contribution in [-0.2, 0) is 0 Å². The fourth-order valence-electron chi connectivity index (χ4n) is 2.04. The second kappa shape index (κ2) is 7.59. The van der Waals surface area contributed by atoms with Crippen molar-refractivity contribution in [2.75, 3.05) is 20.6 Å². The first-order chi connectivity index (χ1) is 10.1. The quantitative estimate of drug-likeness (QED) is 0.876. The zero-order valence-electron chi connectivity index (χ0n) is 12.2. The van der Waals surface area contributed by atoms with E-state index in [1.54, 1.807) is 0 Å². The van der Waals surface area contributed by atoms with Gasteiger partial charge in [-0.05, 0) is 56.2 Å². The summed E-state index contributed by atoms with van der Waals surface area (Å²) in [6.45, 7) is 0.901. The summed E-state index contributed by atoms with van der Waals surface area (Å²) in [4.78, 5) is 15.1. The number of halogens is 1. The number of carbonyl (C=O) groups is 1. The maximum atomic E-state index is 12.3. The number of hydrogen-bond acceptors (Lipinski definition) is 3. The van der Waals surface area contributed by atoms with Crippen LogP contribution in [0.5, 0.6) is 0 Å². The molecule has 1 unspecified atom stereocenters. The fourth-order valence-corrected chi connectivity index (χ4v) is 2.79. The van der Waals surface area contributed by atoms with Gasteiger partial charge in [-0.3, -0.25) is 4.79 Å². The van der Waals surface area contributed by atoms with Crippen LogP contribution in [0, 0.1) is 0 Å². The Labute approximate surface area is 134 Å². The lowest BCUT2D eigenvalue weighted by molar-refractivity contribution is 0.0937. The minimum absolute atomic E-state index is 0.0146. The predicted octanol–water partition coefficient (Wildman–Crippen LogP) is 3.82. The van der Waals surface area contributed by atoms with Crippen molar-refractivity contribution in [1.82, 2.24) is 10.2 Å². The van der Waals surface area contributed by atoms with Gasteiger partial charge in [-0.15, -0.1) is 11.3 Å². The summed E-state index contributed by atoms with van der Waals surface area (Å²) < 4.78 is 0. The van der Waals surface area contributed by atoms with Crippen molar-refractivity contribution in [2.24, 2.45) is 0 Å². The van der Waals surface area contributed by atoms with E-state index < -0.39 is 0 Å². The Balaban J connectivity index is 2.11. The SMILES string of the molecule is CN(C)CCC(NC(=O)c1cccs1)c1ccc(Cl)cc1. The fraction of sp³-hybridized carbons (Fsp3) is 0.312. The van der Waals surface area contributed by atoms with E-state index in [0.717, 1.165) is 23.4 Å². The third kappa shape index (κ3) is 4.84. The van der Waals surface area contributed by atoms with Crippen LogP contribution in [0.25, 0.3) is 0 Å². The zero-order valence-corrected chi connectivity index (χ0v) is 13.7. The first-order valence-corrected chi connectivity index (χ1v) is 8.06. The van der Waals surface area contributed by atoms with E-state index in [4.69, 9.17) is 11.6 Å². The topological polar surface area (TPSA) is 32.3 Å². The van der Waals surface area contributed by atoms with Gasteiger partial charge in [0.15, 0.2) is 0 Å². The average molecular weight is 323 g/mol. The molecule has 0 saturated carbocycles. The normalized spacial score (nSPS) is 12.4. The molecule has 2 rings (SSSR count). The highest BCUT2D eigenvalue weighted by Crippen LogP contribution is 2.21. The Kier molecular flexibility index (Phi) is 5.79. The molecule has 1 aromatic carbocycles. The lowest BCUT2D eigenvalue weighted by Gasteiger charge is -2.21. The molecule has 5 heteroatoms. The Bertz CT molecular complexity index is 566. The number of nitrogens with one attached hydrogen (secondary N) is 1. The first kappa shape index (κ1) is 16.0. The summed E-state index contributed by atoms with van der Waals surface area (Å²) >= 11 is 7.39. The number of hydrogen-bond donors (Lipinski definition) is 1. The molecule has 1 atom stereocenters. The van der Waals surface area contributed by atoms with Gasteiger partial charge in [0.25, 0.3) is 5.91 Å². The maximum Gasteiger partial charge on any atom is 0.261 e. The molecule has 0 spiro atoms. The van der Waals surface area contributed by atoms with Crippen LogP contribution in [0.3, 0.4) is 0 Å². The molecule has 0 saturated heterocycles. The Morgan fingerprint density at radius 2 is 2.00 bits per heavy atom. The summed E-state index contributed by atoms with van der Waals surface area (Å²) in [5, 5.41) is 5.72. The van der Waals surface area contributed by atoms with E-state index in [1.165, 1.54) is 11.3 Å². The standard InChI is InChI=1S/C16H19ClN2OS/c1-19(2)10-9-14(12-5-7-13(17)8-6-12)18-16(20)15-4-3-11-21-15/h3-8,11,14H,9-10H2,1-2H3,(H,18,20). The molecule has 0 aliphatic rings. The highest BCUT2D eigenvalue weighted by molar-refractivity contribution is 7.12. The predicted molar refractivity (Wildman–Crippen MR) is 89.1 cm³/mol. The molecule has 1 heterocycles. The van der Waals surface area contributed by atoms with Crippen LogP contribution >= 0.6 is 22.9 Å². The second-order valence-electron chi connectivity index (χ2n) is 5.15. The lowest BCUT2D eigenvalue weighted by Crippen LogP contribution is -2.30. The molecular formula is C16H19ClN2OS. The van der Waals surface area contributed by atoms with Crippen molar-refractivity contribution < 1.29 is 4.79 Å². The molecule has 21 heavy (non-hydrogen) atoms. The van der Waals surface area contributed by atoms with E-state index >= 15 is 0 Å². The summed E-state index contributed by atoms with van der Waals surface area (Å²) in [6, 6.07) is 11.4. The summed E-state index contributed by atoms with van der Waals surface area (Å²) in [5.74, 6) is -0.0243. The lowest BCUT2D eigenvalue weighted by atomic mass is 10.0. The van der Waals surface area contributed by atoms with Crippen molar-refractivity contribution in [3.05, 3.63) is 57.2 Å². The van der Waals surface area contributed by atoms with Gasteiger partial charge in [-0.2, -0.15) is 0 Å².